The Bertz CT molecular complexity index is 1620. The maximum Gasteiger partial charge on any atom is 0.173 e. The van der Waals surface area contributed by atoms with Crippen LogP contribution in [0.4, 0.5) is 17.2 Å². The van der Waals surface area contributed by atoms with Gasteiger partial charge in [-0.1, -0.05) is 0 Å². The molecule has 2 saturated heterocycles. The summed E-state index contributed by atoms with van der Waals surface area (Å²) in [7, 11) is 1.67. The molecule has 6 rings (SSSR count). The fraction of sp³-hybridized carbons (Fsp3) is 0.414. The summed E-state index contributed by atoms with van der Waals surface area (Å²) in [5.74, 6) is 2.26. The van der Waals surface area contributed by atoms with Crippen molar-refractivity contribution in [2.75, 3.05) is 67.9 Å². The molecule has 3 N–H and O–H groups in total. The fourth-order valence-electron chi connectivity index (χ4n) is 5.87. The van der Waals surface area contributed by atoms with Crippen LogP contribution < -0.4 is 24.4 Å². The summed E-state index contributed by atoms with van der Waals surface area (Å²) in [5, 5.41) is 5.80. The minimum absolute atomic E-state index is 0.486. The van der Waals surface area contributed by atoms with E-state index >= 15 is 0 Å². The molecule has 228 valence electrons. The van der Waals surface area contributed by atoms with Gasteiger partial charge >= 0.3 is 0 Å². The van der Waals surface area contributed by atoms with Crippen LogP contribution in [0.2, 0.25) is 0 Å². The first-order valence-corrected chi connectivity index (χ1v) is 15.9. The van der Waals surface area contributed by atoms with E-state index in [-0.39, 0.29) is 0 Å². The molecular formula is C29H35N8O4S2-. The second kappa shape index (κ2) is 12.9. The number of nitrogens with one attached hydrogen (secondary N) is 3. The molecule has 0 spiro atoms. The van der Waals surface area contributed by atoms with Crippen LogP contribution in [-0.2, 0) is 11.3 Å². The number of rotatable bonds is 9. The Hall–Kier alpha value is -3.72. The van der Waals surface area contributed by atoms with Crippen molar-refractivity contribution in [1.29, 1.82) is 0 Å². The first kappa shape index (κ1) is 29.4. The van der Waals surface area contributed by atoms with Gasteiger partial charge in [0.05, 0.1) is 18.0 Å². The molecule has 2 unspecified atom stereocenters. The lowest BCUT2D eigenvalue weighted by Gasteiger charge is -2.37. The van der Waals surface area contributed by atoms with Crippen LogP contribution in [0.1, 0.15) is 19.8 Å². The number of methoxy groups -OCH3 is 1. The number of aromatic amines is 1. The van der Waals surface area contributed by atoms with E-state index in [4.69, 9.17) is 26.7 Å². The minimum Gasteiger partial charge on any atom is -0.755 e. The van der Waals surface area contributed by atoms with Gasteiger partial charge in [-0.05, 0) is 68.9 Å². The number of nitrogens with zero attached hydrogens (tertiary/aromatic N) is 5. The van der Waals surface area contributed by atoms with Gasteiger partial charge < -0.3 is 38.8 Å². The third-order valence-corrected chi connectivity index (χ3v) is 8.95. The van der Waals surface area contributed by atoms with E-state index in [1.807, 2.05) is 12.1 Å². The average Bonchev–Trinajstić information content (AvgIpc) is 3.59. The Morgan fingerprint density at radius 2 is 1.88 bits per heavy atom. The maximum absolute atomic E-state index is 10.8. The van der Waals surface area contributed by atoms with Crippen molar-refractivity contribution in [3.8, 4) is 11.5 Å². The van der Waals surface area contributed by atoms with Crippen molar-refractivity contribution < 1.29 is 18.2 Å². The van der Waals surface area contributed by atoms with Crippen molar-refractivity contribution in [1.82, 2.24) is 24.8 Å². The molecule has 0 aliphatic carbocycles. The van der Waals surface area contributed by atoms with Crippen molar-refractivity contribution in [3.63, 3.8) is 0 Å². The number of H-pyrrole nitrogens is 1. The molecule has 0 amide bonds. The van der Waals surface area contributed by atoms with E-state index in [0.29, 0.717) is 48.0 Å². The summed E-state index contributed by atoms with van der Waals surface area (Å²) in [5.41, 5.74) is 2.96. The largest absolute Gasteiger partial charge is 0.755 e. The number of hydrogen-bond donors (Lipinski definition) is 3. The fourth-order valence-corrected chi connectivity index (χ4v) is 6.50. The number of hydrogen-bond acceptors (Lipinski definition) is 9. The highest BCUT2D eigenvalue weighted by atomic mass is 32.2. The van der Waals surface area contributed by atoms with E-state index in [1.54, 1.807) is 37.7 Å². The zero-order chi connectivity index (χ0) is 29.9. The van der Waals surface area contributed by atoms with Gasteiger partial charge in [-0.2, -0.15) is 0 Å². The van der Waals surface area contributed by atoms with Crippen molar-refractivity contribution >= 4 is 67.7 Å². The summed E-state index contributed by atoms with van der Waals surface area (Å²) in [6, 6.07) is 11.5. The number of likely N-dealkylation sites (tertiary alicyclic amines) is 1. The van der Waals surface area contributed by atoms with Gasteiger partial charge in [0.25, 0.3) is 0 Å². The summed E-state index contributed by atoms with van der Waals surface area (Å²) < 4.78 is 35.9. The number of benzene rings is 2. The van der Waals surface area contributed by atoms with Gasteiger partial charge in [-0.3, -0.25) is 9.11 Å². The molecule has 0 radical (unpaired) electrons. The molecule has 0 bridgehead atoms. The molecule has 2 atom stereocenters. The lowest BCUT2D eigenvalue weighted by molar-refractivity contribution is 0.200. The van der Waals surface area contributed by atoms with Crippen molar-refractivity contribution in [3.05, 3.63) is 42.7 Å². The number of thiocarbonyl (C=S) groups is 1. The van der Waals surface area contributed by atoms with Crippen LogP contribution in [0.3, 0.4) is 0 Å². The van der Waals surface area contributed by atoms with E-state index in [9.17, 15) is 8.76 Å². The Labute approximate surface area is 258 Å². The topological polar surface area (TPSA) is 134 Å². The Morgan fingerprint density at radius 3 is 2.58 bits per heavy atom. The monoisotopic (exact) mass is 623 g/mol. The molecule has 2 aromatic heterocycles. The van der Waals surface area contributed by atoms with Gasteiger partial charge in [-0.15, -0.1) is 0 Å². The zero-order valence-corrected chi connectivity index (χ0v) is 25.8. The van der Waals surface area contributed by atoms with E-state index in [2.05, 4.69) is 41.6 Å². The average molecular weight is 624 g/mol. The molecule has 4 aromatic rings. The Balaban J connectivity index is 1.14. The predicted octanol–water partition coefficient (Wildman–Crippen LogP) is 3.71. The third-order valence-electron chi connectivity index (χ3n) is 8.18. The van der Waals surface area contributed by atoms with Crippen LogP contribution in [0.25, 0.3) is 21.9 Å². The molecule has 4 heterocycles. The van der Waals surface area contributed by atoms with Gasteiger partial charge in [0.1, 0.15) is 24.4 Å². The summed E-state index contributed by atoms with van der Waals surface area (Å²) in [6.45, 7) is 7.78. The summed E-state index contributed by atoms with van der Waals surface area (Å²) in [4.78, 5) is 19.5. The zero-order valence-electron chi connectivity index (χ0n) is 24.2. The molecule has 2 fully saturated rings. The summed E-state index contributed by atoms with van der Waals surface area (Å²) >= 11 is 3.31. The first-order chi connectivity index (χ1) is 20.9. The second-order valence-corrected chi connectivity index (χ2v) is 11.8. The Morgan fingerprint density at radius 1 is 1.12 bits per heavy atom. The lowest BCUT2D eigenvalue weighted by atomic mass is 10.1. The molecule has 12 nitrogen and oxygen atoms in total. The highest BCUT2D eigenvalue weighted by Crippen LogP contribution is 2.38. The van der Waals surface area contributed by atoms with Crippen molar-refractivity contribution in [2.24, 2.45) is 0 Å². The normalized spacial score (nSPS) is 18.3. The molecular weight excluding hydrogens is 589 g/mol. The molecule has 0 saturated carbocycles. The standard InChI is InChI=1S/C29H36N8O4S2/c1-19-4-3-9-35(19)14-15-41-25-17-23-22(16-24(25)40-2)26-27(33-23)30-18-31-28(26)36-10-12-37(13-11-36)29(42)32-20-5-7-21(8-6-20)34-43(38)39/h5-8,16-19,34H,3-4,9-15H2,1-2H3,(H,32,42)(H,38,39)(H,30,31,33)/p-1. The number of anilines is 3. The van der Waals surface area contributed by atoms with Gasteiger partial charge in [0.2, 0.25) is 0 Å². The number of piperazine rings is 1. The molecule has 2 aliphatic rings. The van der Waals surface area contributed by atoms with E-state index in [1.165, 1.54) is 12.8 Å². The van der Waals surface area contributed by atoms with Crippen LogP contribution in [0.5, 0.6) is 11.5 Å². The van der Waals surface area contributed by atoms with Gasteiger partial charge in [0, 0.05) is 72.9 Å². The predicted molar refractivity (Wildman–Crippen MR) is 173 cm³/mol. The second-order valence-electron chi connectivity index (χ2n) is 10.8. The molecule has 14 heteroatoms. The van der Waals surface area contributed by atoms with Crippen molar-refractivity contribution in [2.45, 2.75) is 25.8 Å². The van der Waals surface area contributed by atoms with Crippen LogP contribution >= 0.6 is 12.2 Å². The third kappa shape index (κ3) is 6.47. The number of aromatic nitrogens is 3. The Kier molecular flexibility index (Phi) is 8.79. The summed E-state index contributed by atoms with van der Waals surface area (Å²) in [6.07, 6.45) is 4.09. The SMILES string of the molecule is COc1cc2c(cc1OCCN1CCCC1C)[nH]c1ncnc(N3CCN(C(=S)Nc4ccc(NS(=O)[O-])cc4)CC3)c12. The number of fused-ring (bicyclic) bond motifs is 3. The van der Waals surface area contributed by atoms with Crippen LogP contribution in [0, 0.1) is 0 Å². The van der Waals surface area contributed by atoms with Crippen LogP contribution in [-0.4, -0.2) is 97.7 Å². The van der Waals surface area contributed by atoms with Crippen LogP contribution in [0.15, 0.2) is 42.7 Å². The number of ether oxygens (including phenoxy) is 2. The lowest BCUT2D eigenvalue weighted by Crippen LogP contribution is -2.50. The molecule has 2 aliphatic heterocycles. The van der Waals surface area contributed by atoms with Gasteiger partial charge in [-0.25, -0.2) is 9.97 Å². The highest BCUT2D eigenvalue weighted by Gasteiger charge is 2.24. The minimum atomic E-state index is -2.36. The molecule has 43 heavy (non-hydrogen) atoms. The van der Waals surface area contributed by atoms with Gasteiger partial charge in [0.15, 0.2) is 16.6 Å². The van der Waals surface area contributed by atoms with E-state index in [0.717, 1.165) is 59.6 Å². The first-order valence-electron chi connectivity index (χ1n) is 14.4. The highest BCUT2D eigenvalue weighted by molar-refractivity contribution is 7.80. The quantitative estimate of drug-likeness (QED) is 0.186. The van der Waals surface area contributed by atoms with E-state index < -0.39 is 11.3 Å². The smallest absolute Gasteiger partial charge is 0.173 e. The molecule has 2 aromatic carbocycles. The maximum atomic E-state index is 10.8.